The molecule has 0 fully saturated rings. The lowest BCUT2D eigenvalue weighted by molar-refractivity contribution is 0.109. The second-order valence-corrected chi connectivity index (χ2v) is 8.20. The number of rotatable bonds is 10. The molecule has 0 spiro atoms. The van der Waals surface area contributed by atoms with Crippen molar-refractivity contribution in [3.8, 4) is 23.0 Å². The van der Waals surface area contributed by atoms with Gasteiger partial charge in [0.1, 0.15) is 6.61 Å². The molecule has 0 bridgehead atoms. The molecule has 6 nitrogen and oxygen atoms in total. The molecule has 6 heteroatoms. The van der Waals surface area contributed by atoms with Crippen molar-refractivity contribution < 1.29 is 24.1 Å². The summed E-state index contributed by atoms with van der Waals surface area (Å²) in [6.45, 7) is 10.6. The van der Waals surface area contributed by atoms with Crippen LogP contribution >= 0.6 is 0 Å². The fraction of sp³-hybridized carbons (Fsp3) is 0.538. The monoisotopic (exact) mass is 445 g/mol. The molecule has 178 valence electrons. The summed E-state index contributed by atoms with van der Waals surface area (Å²) in [5.74, 6) is 2.93. The summed E-state index contributed by atoms with van der Waals surface area (Å²) in [6.07, 6.45) is 1.94. The van der Waals surface area contributed by atoms with Crippen LogP contribution in [-0.2, 0) is 19.5 Å². The van der Waals surface area contributed by atoms with Crippen LogP contribution in [0.5, 0.6) is 23.0 Å². The second-order valence-electron chi connectivity index (χ2n) is 8.20. The van der Waals surface area contributed by atoms with E-state index in [0.717, 1.165) is 37.4 Å². The van der Waals surface area contributed by atoms with Gasteiger partial charge in [-0.2, -0.15) is 0 Å². The van der Waals surface area contributed by atoms with E-state index < -0.39 is 0 Å². The Morgan fingerprint density at radius 1 is 0.844 bits per heavy atom. The number of hydrogen-bond acceptors (Lipinski definition) is 6. The highest BCUT2D eigenvalue weighted by Gasteiger charge is 2.32. The van der Waals surface area contributed by atoms with Gasteiger partial charge in [0.2, 0.25) is 0 Å². The molecule has 0 radical (unpaired) electrons. The molecule has 0 amide bonds. The standard InChI is InChI=1S/C24H33NO5.C2H6/c1-24(2,9-8-17-6-7-20(30-11-10-26)21(12-17)27-3)25-15-18-13-22(28-4)23(29-5)14-19(18)16-25;1-2/h6-7,12-14,26H,8-11,15-16H2,1-5H3;1-2H3. The van der Waals surface area contributed by atoms with Crippen LogP contribution in [0.15, 0.2) is 30.3 Å². The lowest BCUT2D eigenvalue weighted by atomic mass is 9.93. The van der Waals surface area contributed by atoms with E-state index in [1.54, 1.807) is 21.3 Å². The van der Waals surface area contributed by atoms with Crippen molar-refractivity contribution in [3.05, 3.63) is 47.0 Å². The van der Waals surface area contributed by atoms with Crippen molar-refractivity contribution in [1.29, 1.82) is 0 Å². The fourth-order valence-electron chi connectivity index (χ4n) is 3.90. The van der Waals surface area contributed by atoms with E-state index >= 15 is 0 Å². The van der Waals surface area contributed by atoms with Gasteiger partial charge in [-0.3, -0.25) is 4.90 Å². The molecule has 0 saturated carbocycles. The molecule has 2 aromatic carbocycles. The minimum atomic E-state index is -0.0188. The Bertz CT molecular complexity index is 833. The summed E-state index contributed by atoms with van der Waals surface area (Å²) < 4.78 is 21.9. The highest BCUT2D eigenvalue weighted by atomic mass is 16.5. The maximum absolute atomic E-state index is 8.96. The third kappa shape index (κ3) is 6.08. The van der Waals surface area contributed by atoms with Gasteiger partial charge in [-0.15, -0.1) is 0 Å². The van der Waals surface area contributed by atoms with E-state index in [1.165, 1.54) is 16.7 Å². The smallest absolute Gasteiger partial charge is 0.161 e. The van der Waals surface area contributed by atoms with Crippen molar-refractivity contribution in [3.63, 3.8) is 0 Å². The number of hydrogen-bond donors (Lipinski definition) is 1. The third-order valence-electron chi connectivity index (χ3n) is 5.89. The van der Waals surface area contributed by atoms with Crippen LogP contribution in [-0.4, -0.2) is 50.1 Å². The summed E-state index contributed by atoms with van der Waals surface area (Å²) in [7, 11) is 4.99. The molecular formula is C26H39NO5. The zero-order valence-corrected chi connectivity index (χ0v) is 20.7. The van der Waals surface area contributed by atoms with Crippen molar-refractivity contribution >= 4 is 0 Å². The highest BCUT2D eigenvalue weighted by Crippen LogP contribution is 2.38. The molecule has 1 N–H and O–H groups in total. The Kier molecular flexibility index (Phi) is 9.66. The van der Waals surface area contributed by atoms with Crippen LogP contribution in [0.2, 0.25) is 0 Å². The topological polar surface area (TPSA) is 60.4 Å². The van der Waals surface area contributed by atoms with Gasteiger partial charge in [-0.25, -0.2) is 0 Å². The largest absolute Gasteiger partial charge is 0.493 e. The third-order valence-corrected chi connectivity index (χ3v) is 5.89. The van der Waals surface area contributed by atoms with Gasteiger partial charge in [0.15, 0.2) is 23.0 Å². The first-order valence-electron chi connectivity index (χ1n) is 11.3. The molecule has 0 unspecified atom stereocenters. The Morgan fingerprint density at radius 2 is 1.38 bits per heavy atom. The highest BCUT2D eigenvalue weighted by molar-refractivity contribution is 5.49. The Labute approximate surface area is 193 Å². The molecule has 1 heterocycles. The molecule has 3 rings (SSSR count). The first kappa shape index (κ1) is 25.8. The summed E-state index contributed by atoms with van der Waals surface area (Å²) >= 11 is 0. The van der Waals surface area contributed by atoms with Gasteiger partial charge in [0, 0.05) is 18.6 Å². The molecule has 0 saturated heterocycles. The zero-order chi connectivity index (χ0) is 23.7. The first-order valence-corrected chi connectivity index (χ1v) is 11.3. The van der Waals surface area contributed by atoms with Gasteiger partial charge in [-0.1, -0.05) is 19.9 Å². The zero-order valence-electron chi connectivity index (χ0n) is 20.7. The summed E-state index contributed by atoms with van der Waals surface area (Å²) in [4.78, 5) is 2.51. The molecule has 0 aromatic heterocycles. The van der Waals surface area contributed by atoms with Crippen LogP contribution in [0.1, 0.15) is 50.8 Å². The van der Waals surface area contributed by atoms with Crippen LogP contribution in [0.4, 0.5) is 0 Å². The van der Waals surface area contributed by atoms with Gasteiger partial charge in [0.25, 0.3) is 0 Å². The van der Waals surface area contributed by atoms with Gasteiger partial charge < -0.3 is 24.1 Å². The molecule has 2 aromatic rings. The van der Waals surface area contributed by atoms with Gasteiger partial charge in [-0.05, 0) is 67.6 Å². The van der Waals surface area contributed by atoms with Crippen LogP contribution in [0, 0.1) is 0 Å². The quantitative estimate of drug-likeness (QED) is 0.565. The Balaban J connectivity index is 0.00000176. The molecule has 0 aliphatic carbocycles. The van der Waals surface area contributed by atoms with Crippen LogP contribution in [0.3, 0.4) is 0 Å². The maximum atomic E-state index is 8.96. The molecular weight excluding hydrogens is 406 g/mol. The summed E-state index contributed by atoms with van der Waals surface area (Å²) in [5.41, 5.74) is 3.83. The van der Waals surface area contributed by atoms with Crippen molar-refractivity contribution in [2.75, 3.05) is 34.5 Å². The number of benzene rings is 2. The molecule has 1 aliphatic rings. The maximum Gasteiger partial charge on any atom is 0.161 e. The Hall–Kier alpha value is -2.44. The number of methoxy groups -OCH3 is 3. The van der Waals surface area contributed by atoms with Crippen molar-refractivity contribution in [2.45, 2.75) is 59.2 Å². The van der Waals surface area contributed by atoms with E-state index in [4.69, 9.17) is 24.1 Å². The van der Waals surface area contributed by atoms with Gasteiger partial charge in [0.05, 0.1) is 27.9 Å². The summed E-state index contributed by atoms with van der Waals surface area (Å²) in [5, 5.41) is 8.96. The van der Waals surface area contributed by atoms with Crippen molar-refractivity contribution in [1.82, 2.24) is 4.90 Å². The number of fused-ring (bicyclic) bond motifs is 1. The predicted octanol–water partition coefficient (Wildman–Crippen LogP) is 4.84. The Morgan fingerprint density at radius 3 is 1.88 bits per heavy atom. The van der Waals surface area contributed by atoms with Crippen LogP contribution < -0.4 is 18.9 Å². The van der Waals surface area contributed by atoms with E-state index in [9.17, 15) is 0 Å². The van der Waals surface area contributed by atoms with E-state index in [1.807, 2.05) is 26.0 Å². The average molecular weight is 446 g/mol. The number of aryl methyl sites for hydroxylation is 1. The fourth-order valence-corrected chi connectivity index (χ4v) is 3.90. The van der Waals surface area contributed by atoms with Crippen molar-refractivity contribution in [2.24, 2.45) is 0 Å². The second kappa shape index (κ2) is 12.0. The van der Waals surface area contributed by atoms with E-state index in [0.29, 0.717) is 11.5 Å². The molecule has 1 aliphatic heterocycles. The average Bonchev–Trinajstić information content (AvgIpc) is 3.26. The van der Waals surface area contributed by atoms with Gasteiger partial charge >= 0.3 is 0 Å². The number of aliphatic hydroxyl groups excluding tert-OH is 1. The first-order chi connectivity index (χ1) is 15.4. The van der Waals surface area contributed by atoms with E-state index in [2.05, 4.69) is 36.9 Å². The lowest BCUT2D eigenvalue weighted by Crippen LogP contribution is -2.40. The summed E-state index contributed by atoms with van der Waals surface area (Å²) in [6, 6.07) is 10.2. The van der Waals surface area contributed by atoms with Crippen LogP contribution in [0.25, 0.3) is 0 Å². The number of nitrogens with zero attached hydrogens (tertiary/aromatic N) is 1. The SMILES string of the molecule is CC.COc1cc2c(cc1OC)CN(C(C)(C)CCc1ccc(OCCO)c(OC)c1)C2. The minimum absolute atomic E-state index is 0.0188. The molecule has 32 heavy (non-hydrogen) atoms. The number of aliphatic hydroxyl groups is 1. The van der Waals surface area contributed by atoms with E-state index in [-0.39, 0.29) is 18.8 Å². The normalized spacial score (nSPS) is 13.1. The number of ether oxygens (including phenoxy) is 4. The minimum Gasteiger partial charge on any atom is -0.493 e. The lowest BCUT2D eigenvalue weighted by Gasteiger charge is -2.35. The predicted molar refractivity (Wildman–Crippen MR) is 128 cm³/mol. The molecule has 0 atom stereocenters.